The first-order chi connectivity index (χ1) is 35.2. The van der Waals surface area contributed by atoms with E-state index in [0.29, 0.717) is 67.3 Å². The number of pyridine rings is 2. The van der Waals surface area contributed by atoms with E-state index in [9.17, 15) is 22.8 Å². The van der Waals surface area contributed by atoms with Crippen LogP contribution in [0.15, 0.2) is 183 Å². The number of carbonyl (C=O) groups is 2. The maximum Gasteiger partial charge on any atom is 0.416 e. The van der Waals surface area contributed by atoms with Crippen LogP contribution in [0.3, 0.4) is 0 Å². The first-order valence-electron chi connectivity index (χ1n) is 22.3. The Morgan fingerprint density at radius 3 is 1.32 bits per heavy atom. The third-order valence-electron chi connectivity index (χ3n) is 10.6. The summed E-state index contributed by atoms with van der Waals surface area (Å²) in [5.41, 5.74) is 8.53. The summed E-state index contributed by atoms with van der Waals surface area (Å²) in [5, 5.41) is 11.1. The fraction of sp³-hybridized carbons (Fsp3) is 0.0545. The van der Waals surface area contributed by atoms with E-state index in [0.717, 1.165) is 45.9 Å². The van der Waals surface area contributed by atoms with Gasteiger partial charge in [0.15, 0.2) is 0 Å². The van der Waals surface area contributed by atoms with Crippen molar-refractivity contribution in [3.05, 3.63) is 204 Å². The summed E-state index contributed by atoms with van der Waals surface area (Å²) < 4.78 is 50.8. The molecule has 0 atom stereocenters. The van der Waals surface area contributed by atoms with E-state index in [2.05, 4.69) is 46.2 Å². The molecule has 4 N–H and O–H groups in total. The van der Waals surface area contributed by atoms with E-state index in [1.54, 1.807) is 110 Å². The van der Waals surface area contributed by atoms with E-state index in [1.165, 1.54) is 12.1 Å². The van der Waals surface area contributed by atoms with Crippen LogP contribution in [-0.4, -0.2) is 42.0 Å². The maximum atomic E-state index is 12.9. The van der Waals surface area contributed by atoms with Gasteiger partial charge in [0.25, 0.3) is 0 Å². The minimum atomic E-state index is -4.51. The van der Waals surface area contributed by atoms with E-state index in [4.69, 9.17) is 26.1 Å². The summed E-state index contributed by atoms with van der Waals surface area (Å²) in [6.45, 7) is 3.85. The summed E-state index contributed by atoms with van der Waals surface area (Å²) in [7, 11) is 0. The van der Waals surface area contributed by atoms with Gasteiger partial charge in [0.1, 0.15) is 23.0 Å². The highest BCUT2D eigenvalue weighted by Crippen LogP contribution is 2.32. The largest absolute Gasteiger partial charge is 0.457 e. The molecule has 0 aliphatic rings. The van der Waals surface area contributed by atoms with Gasteiger partial charge in [-0.05, 0) is 123 Å². The van der Waals surface area contributed by atoms with Gasteiger partial charge in [-0.2, -0.15) is 13.2 Å². The Morgan fingerprint density at radius 2 is 0.877 bits per heavy atom. The number of aromatic nitrogens is 6. The highest BCUT2D eigenvalue weighted by atomic mass is 35.5. The molecule has 10 aromatic rings. The molecule has 18 heteroatoms. The number of hydrogen-bond acceptors (Lipinski definition) is 10. The zero-order valence-electron chi connectivity index (χ0n) is 38.6. The fourth-order valence-corrected chi connectivity index (χ4v) is 7.29. The number of aryl methyl sites for hydroxylation is 2. The lowest BCUT2D eigenvalue weighted by Gasteiger charge is -2.12. The Hall–Kier alpha value is -9.48. The second-order valence-electron chi connectivity index (χ2n) is 16.2. The molecule has 0 spiro atoms. The average molecular weight is 997 g/mol. The molecule has 0 bridgehead atoms. The Balaban J connectivity index is 0.000000180. The second kappa shape index (κ2) is 21.7. The van der Waals surface area contributed by atoms with Crippen molar-refractivity contribution < 1.29 is 32.2 Å². The molecule has 362 valence electrons. The molecule has 4 heterocycles. The SMILES string of the molecule is Cc1ccc(-c2cnc3ccc(Oc4cccc(NC(=O)Nc5cccc(C(F)(F)F)c5)c4)cc3n2)cn1.Cc1ccc(-c2cnc3ccc(Oc4cccc(NC(=O)Nc5cccc(Cl)c5)c4)cc3n2)cn1. The number of rotatable bonds is 10. The number of nitrogens with zero attached hydrogens (tertiary/aromatic N) is 6. The Morgan fingerprint density at radius 1 is 0.452 bits per heavy atom. The summed E-state index contributed by atoms with van der Waals surface area (Å²) >= 11 is 5.97. The van der Waals surface area contributed by atoms with Gasteiger partial charge in [0.2, 0.25) is 0 Å². The average Bonchev–Trinajstić information content (AvgIpc) is 3.36. The molecular weight excluding hydrogens is 957 g/mol. The summed E-state index contributed by atoms with van der Waals surface area (Å²) in [5.74, 6) is 2.12. The van der Waals surface area contributed by atoms with Crippen molar-refractivity contribution in [2.75, 3.05) is 21.3 Å². The topological polar surface area (TPSA) is 178 Å². The number of alkyl halides is 3. The molecule has 0 aliphatic heterocycles. The Kier molecular flexibility index (Phi) is 14.4. The van der Waals surface area contributed by atoms with Crippen molar-refractivity contribution in [3.63, 3.8) is 0 Å². The van der Waals surface area contributed by atoms with E-state index in [-0.39, 0.29) is 11.7 Å². The van der Waals surface area contributed by atoms with Crippen molar-refractivity contribution in [3.8, 4) is 45.5 Å². The van der Waals surface area contributed by atoms with Gasteiger partial charge in [-0.15, -0.1) is 0 Å². The lowest BCUT2D eigenvalue weighted by Crippen LogP contribution is -2.19. The molecule has 0 saturated carbocycles. The smallest absolute Gasteiger partial charge is 0.416 e. The van der Waals surface area contributed by atoms with Crippen molar-refractivity contribution >= 4 is 68.5 Å². The van der Waals surface area contributed by atoms with Crippen LogP contribution < -0.4 is 30.7 Å². The molecule has 0 saturated heterocycles. The van der Waals surface area contributed by atoms with Gasteiger partial charge in [-0.25, -0.2) is 19.6 Å². The first-order valence-corrected chi connectivity index (χ1v) is 22.7. The van der Waals surface area contributed by atoms with Crippen LogP contribution in [0.1, 0.15) is 17.0 Å². The van der Waals surface area contributed by atoms with Crippen molar-refractivity contribution in [1.29, 1.82) is 0 Å². The third-order valence-corrected chi connectivity index (χ3v) is 10.9. The molecule has 4 aromatic heterocycles. The summed E-state index contributed by atoms with van der Waals surface area (Å²) in [4.78, 5) is 51.7. The minimum Gasteiger partial charge on any atom is -0.457 e. The molecule has 6 aromatic carbocycles. The monoisotopic (exact) mass is 996 g/mol. The standard InChI is InChI=1S/C28H20F3N5O2.C27H20ClN5O2/c1-17-8-9-18(15-32-17)26-16-33-24-11-10-23(14-25(24)36-26)38-22-7-3-6-21(13-22)35-27(37)34-20-5-2-4-19(12-20)28(29,30)31;1-17-8-9-18(15-29-17)26-16-30-24-11-10-23(14-25(24)33-26)35-22-7-3-6-21(13-22)32-27(34)31-20-5-2-4-19(28)12-20/h2-16H,1H3,(H2,34,35,37);2-16H,1H3,(H2,31,32,34). The van der Waals surface area contributed by atoms with Crippen molar-refractivity contribution in [2.45, 2.75) is 20.0 Å². The van der Waals surface area contributed by atoms with Crippen LogP contribution in [0, 0.1) is 13.8 Å². The van der Waals surface area contributed by atoms with Crippen LogP contribution in [0.5, 0.6) is 23.0 Å². The van der Waals surface area contributed by atoms with Crippen LogP contribution >= 0.6 is 11.6 Å². The fourth-order valence-electron chi connectivity index (χ4n) is 7.10. The summed E-state index contributed by atoms with van der Waals surface area (Å²) in [6, 6.07) is 42.6. The van der Waals surface area contributed by atoms with Gasteiger partial charge in [-0.3, -0.25) is 19.9 Å². The number of fused-ring (bicyclic) bond motifs is 2. The highest BCUT2D eigenvalue weighted by molar-refractivity contribution is 6.31. The minimum absolute atomic E-state index is 0.0165. The summed E-state index contributed by atoms with van der Waals surface area (Å²) in [6.07, 6.45) is 2.45. The molecule has 0 fully saturated rings. The van der Waals surface area contributed by atoms with Gasteiger partial charge >= 0.3 is 18.2 Å². The number of amides is 4. The maximum absolute atomic E-state index is 12.9. The van der Waals surface area contributed by atoms with Crippen molar-refractivity contribution in [1.82, 2.24) is 29.9 Å². The number of ether oxygens (including phenoxy) is 2. The van der Waals surface area contributed by atoms with Gasteiger partial charge < -0.3 is 30.7 Å². The van der Waals surface area contributed by atoms with E-state index < -0.39 is 17.8 Å². The molecule has 4 amide bonds. The predicted octanol–water partition coefficient (Wildman–Crippen LogP) is 14.5. The van der Waals surface area contributed by atoms with Gasteiger partial charge in [-0.1, -0.05) is 35.9 Å². The molecule has 0 aliphatic carbocycles. The number of nitrogens with one attached hydrogen (secondary N) is 4. The normalized spacial score (nSPS) is 11.0. The van der Waals surface area contributed by atoms with Crippen LogP contribution in [0.25, 0.3) is 44.6 Å². The highest BCUT2D eigenvalue weighted by Gasteiger charge is 2.30. The van der Waals surface area contributed by atoms with Crippen LogP contribution in [0.4, 0.5) is 45.5 Å². The van der Waals surface area contributed by atoms with Crippen LogP contribution in [-0.2, 0) is 6.18 Å². The second-order valence-corrected chi connectivity index (χ2v) is 16.6. The molecule has 10 rings (SSSR count). The predicted molar refractivity (Wildman–Crippen MR) is 276 cm³/mol. The number of carbonyl (C=O) groups excluding carboxylic acids is 2. The molecular formula is C55H40ClF3N10O4. The van der Waals surface area contributed by atoms with E-state index >= 15 is 0 Å². The zero-order chi connectivity index (χ0) is 50.9. The number of hydrogen-bond donors (Lipinski definition) is 4. The number of benzene rings is 6. The van der Waals surface area contributed by atoms with Gasteiger partial charge in [0, 0.05) is 86.9 Å². The molecule has 73 heavy (non-hydrogen) atoms. The zero-order valence-corrected chi connectivity index (χ0v) is 39.4. The molecule has 0 unspecified atom stereocenters. The third kappa shape index (κ3) is 13.0. The molecule has 14 nitrogen and oxygen atoms in total. The van der Waals surface area contributed by atoms with Gasteiger partial charge in [0.05, 0.1) is 51.4 Å². The number of halogens is 4. The number of urea groups is 2. The quantitative estimate of drug-likeness (QED) is 0.103. The first kappa shape index (κ1) is 48.5. The van der Waals surface area contributed by atoms with Crippen LogP contribution in [0.2, 0.25) is 5.02 Å². The van der Waals surface area contributed by atoms with E-state index in [1.807, 2.05) is 62.4 Å². The lowest BCUT2D eigenvalue weighted by atomic mass is 10.2. The molecule has 0 radical (unpaired) electrons. The lowest BCUT2D eigenvalue weighted by molar-refractivity contribution is -0.137. The van der Waals surface area contributed by atoms with Crippen molar-refractivity contribution in [2.24, 2.45) is 0 Å². The Bertz CT molecular complexity index is 3620. The number of anilines is 4. The Labute approximate surface area is 420 Å².